The van der Waals surface area contributed by atoms with Crippen molar-refractivity contribution in [1.29, 1.82) is 0 Å². The Labute approximate surface area is 332 Å². The van der Waals surface area contributed by atoms with Gasteiger partial charge in [-0.05, 0) is 40.7 Å². The molecule has 296 valence electrons. The molecule has 1 aromatic heterocycles. The number of amides is 2. The zero-order valence-electron chi connectivity index (χ0n) is 31.5. The van der Waals surface area contributed by atoms with E-state index in [0.717, 1.165) is 10.4 Å². The van der Waals surface area contributed by atoms with Gasteiger partial charge in [0.25, 0.3) is 14.2 Å². The average Bonchev–Trinajstić information content (AvgIpc) is 3.56. The molecule has 3 aromatic carbocycles. The van der Waals surface area contributed by atoms with E-state index in [4.69, 9.17) is 13.9 Å². The molecule has 56 heavy (non-hydrogen) atoms. The summed E-state index contributed by atoms with van der Waals surface area (Å²) in [6.45, 7) is 7.91. The van der Waals surface area contributed by atoms with Crippen LogP contribution in [0.1, 0.15) is 56.3 Å². The largest absolute Gasteiger partial charge is 0.471 e. The highest BCUT2D eigenvalue weighted by Gasteiger charge is 2.51. The van der Waals surface area contributed by atoms with Crippen LogP contribution in [0.5, 0.6) is 0 Å². The number of alkyl halides is 3. The molecule has 1 fully saturated rings. The van der Waals surface area contributed by atoms with Crippen LogP contribution in [0.4, 0.5) is 19.0 Å². The summed E-state index contributed by atoms with van der Waals surface area (Å²) in [6.07, 6.45) is -3.66. The fourth-order valence-corrected chi connectivity index (χ4v) is 12.5. The van der Waals surface area contributed by atoms with Crippen molar-refractivity contribution in [3.63, 3.8) is 0 Å². The van der Waals surface area contributed by atoms with Gasteiger partial charge in [-0.1, -0.05) is 133 Å². The highest BCUT2D eigenvalue weighted by Crippen LogP contribution is 2.39. The number of halogens is 3. The van der Waals surface area contributed by atoms with Gasteiger partial charge in [0.05, 0.1) is 24.8 Å². The molecule has 10 nitrogen and oxygen atoms in total. The molecule has 2 heterocycles. The predicted octanol–water partition coefficient (Wildman–Crippen LogP) is 6.13. The van der Waals surface area contributed by atoms with Gasteiger partial charge in [-0.15, -0.1) is 0 Å². The minimum Gasteiger partial charge on any atom is -0.405 e. The molecule has 1 aliphatic heterocycles. The van der Waals surface area contributed by atoms with Crippen molar-refractivity contribution in [2.45, 2.75) is 69.2 Å². The first-order valence-electron chi connectivity index (χ1n) is 17.7. The van der Waals surface area contributed by atoms with Crippen LogP contribution in [-0.2, 0) is 18.7 Å². The molecule has 5 rings (SSSR count). The number of nitrogens with zero attached hydrogens (tertiary/aromatic N) is 2. The van der Waals surface area contributed by atoms with Gasteiger partial charge < -0.3 is 24.5 Å². The van der Waals surface area contributed by atoms with E-state index in [2.05, 4.69) is 67.2 Å². The van der Waals surface area contributed by atoms with E-state index >= 15 is 0 Å². The third-order valence-corrected chi connectivity index (χ3v) is 16.0. The summed E-state index contributed by atoms with van der Waals surface area (Å²) in [4.78, 5) is 42.3. The maximum atomic E-state index is 13.7. The topological polar surface area (TPSA) is 121 Å². The predicted molar refractivity (Wildman–Crippen MR) is 216 cm³/mol. The normalized spacial score (nSPS) is 17.8. The molecular weight excluding hydrogens is 782 g/mol. The van der Waals surface area contributed by atoms with Crippen LogP contribution in [0.25, 0.3) is 0 Å². The van der Waals surface area contributed by atoms with Crippen molar-refractivity contribution < 1.29 is 36.7 Å². The first kappa shape index (κ1) is 42.8. The Morgan fingerprint density at radius 1 is 1.00 bits per heavy atom. The Bertz CT molecular complexity index is 2040. The first-order chi connectivity index (χ1) is 26.6. The van der Waals surface area contributed by atoms with E-state index in [9.17, 15) is 27.6 Å². The zero-order valence-corrected chi connectivity index (χ0v) is 34.1. The van der Waals surface area contributed by atoms with Crippen LogP contribution in [0, 0.1) is 11.8 Å². The minimum atomic E-state index is -5.09. The van der Waals surface area contributed by atoms with Crippen molar-refractivity contribution in [3.8, 4) is 11.8 Å². The molecule has 0 spiro atoms. The molecule has 1 saturated heterocycles. The summed E-state index contributed by atoms with van der Waals surface area (Å²) in [5.41, 5.74) is -0.732. The van der Waals surface area contributed by atoms with E-state index < -0.39 is 57.0 Å². The second kappa shape index (κ2) is 18.7. The van der Waals surface area contributed by atoms with Gasteiger partial charge in [0.1, 0.15) is 17.8 Å². The Balaban J connectivity index is 1.50. The third kappa shape index (κ3) is 10.3. The number of anilines is 1. The standard InChI is InChI=1S/C40H43F3N4O6S2Si/c1-27(55-54-5)52-32-24-34(53-33(32)26-51-56(39(2,3)4,30-19-11-7-12-20-30)31-21-13-8-14-22-31)47-25-29(18-15-23-44-37(49)40(41,42)43)35(46-38(47)50)45-36(48)28-16-9-6-10-17-28/h6-14,16-17,19-22,25,27,32-34H,23-24,26H2,1-5H3,(H,44,49)(H,45,46,48,50)/t27?,32-,33-,34-/m1/s1. The fourth-order valence-electron chi connectivity index (χ4n) is 6.53. The quantitative estimate of drug-likeness (QED) is 0.0711. The van der Waals surface area contributed by atoms with E-state index in [1.807, 2.05) is 49.6 Å². The van der Waals surface area contributed by atoms with Crippen LogP contribution < -0.4 is 26.7 Å². The minimum absolute atomic E-state index is 0.00882. The van der Waals surface area contributed by atoms with Crippen molar-refractivity contribution in [3.05, 3.63) is 119 Å². The maximum Gasteiger partial charge on any atom is 0.471 e. The average molecular weight is 825 g/mol. The van der Waals surface area contributed by atoms with E-state index in [1.165, 1.54) is 21.6 Å². The Morgan fingerprint density at radius 2 is 1.59 bits per heavy atom. The van der Waals surface area contributed by atoms with Crippen LogP contribution in [0.2, 0.25) is 5.04 Å². The highest BCUT2D eigenvalue weighted by atomic mass is 33.1. The van der Waals surface area contributed by atoms with E-state index in [-0.39, 0.29) is 40.4 Å². The summed E-state index contributed by atoms with van der Waals surface area (Å²) in [5, 5.41) is 6.12. The monoisotopic (exact) mass is 824 g/mol. The number of benzene rings is 3. The number of carbonyl (C=O) groups excluding carboxylic acids is 2. The van der Waals surface area contributed by atoms with Gasteiger partial charge in [-0.3, -0.25) is 14.2 Å². The van der Waals surface area contributed by atoms with Crippen LogP contribution in [-0.4, -0.2) is 72.9 Å². The van der Waals surface area contributed by atoms with E-state index in [0.29, 0.717) is 0 Å². The molecule has 2 N–H and O–H groups in total. The highest BCUT2D eigenvalue weighted by molar-refractivity contribution is 8.76. The van der Waals surface area contributed by atoms with Gasteiger partial charge in [-0.25, -0.2) is 4.79 Å². The fraction of sp³-hybridized carbons (Fsp3) is 0.350. The lowest BCUT2D eigenvalue weighted by atomic mass is 10.2. The molecule has 0 bridgehead atoms. The number of rotatable bonds is 13. The summed E-state index contributed by atoms with van der Waals surface area (Å²) >= 11 is 0. The number of aromatic nitrogens is 2. The third-order valence-electron chi connectivity index (χ3n) is 9.01. The maximum absolute atomic E-state index is 13.7. The lowest BCUT2D eigenvalue weighted by Crippen LogP contribution is -2.67. The van der Waals surface area contributed by atoms with E-state index in [1.54, 1.807) is 46.4 Å². The number of nitrogens with one attached hydrogen (secondary N) is 2. The first-order valence-corrected chi connectivity index (χ1v) is 22.3. The van der Waals surface area contributed by atoms with Gasteiger partial charge in [-0.2, -0.15) is 18.2 Å². The number of hydrogen-bond donors (Lipinski definition) is 2. The molecule has 1 unspecified atom stereocenters. The van der Waals surface area contributed by atoms with Gasteiger partial charge in [0, 0.05) is 18.2 Å². The van der Waals surface area contributed by atoms with Gasteiger partial charge in [0.15, 0.2) is 5.82 Å². The smallest absolute Gasteiger partial charge is 0.405 e. The van der Waals surface area contributed by atoms with Crippen LogP contribution >= 0.6 is 21.6 Å². The molecule has 1 aliphatic rings. The lowest BCUT2D eigenvalue weighted by molar-refractivity contribution is -0.173. The number of carbonyl (C=O) groups is 2. The summed E-state index contributed by atoms with van der Waals surface area (Å²) in [5.74, 6) is 2.16. The number of ether oxygens (including phenoxy) is 2. The molecule has 4 atom stereocenters. The van der Waals surface area contributed by atoms with Crippen molar-refractivity contribution >= 4 is 57.9 Å². The second-order valence-electron chi connectivity index (χ2n) is 13.8. The Kier molecular flexibility index (Phi) is 14.3. The lowest BCUT2D eigenvalue weighted by Gasteiger charge is -2.43. The van der Waals surface area contributed by atoms with Crippen LogP contribution in [0.15, 0.2) is 102 Å². The molecule has 0 aliphatic carbocycles. The zero-order chi connectivity index (χ0) is 40.5. The Hall–Kier alpha value is -4.37. The molecule has 0 saturated carbocycles. The summed E-state index contributed by atoms with van der Waals surface area (Å²) in [7, 11) is 0.0863. The second-order valence-corrected chi connectivity index (χ2v) is 20.9. The molecule has 4 aromatic rings. The molecular formula is C40H43F3N4O6S2Si. The molecule has 0 radical (unpaired) electrons. The summed E-state index contributed by atoms with van der Waals surface area (Å²) < 4.78 is 59.9. The van der Waals surface area contributed by atoms with Crippen molar-refractivity contribution in [1.82, 2.24) is 14.9 Å². The van der Waals surface area contributed by atoms with Gasteiger partial charge >= 0.3 is 17.8 Å². The van der Waals surface area contributed by atoms with Crippen molar-refractivity contribution in [2.24, 2.45) is 0 Å². The number of hydrogen-bond acceptors (Lipinski definition) is 9. The SMILES string of the molecule is CSSC(C)O[C@@H]1C[C@H](n2cc(C#CCNC(=O)C(F)(F)F)c(NC(=O)c3ccccc3)nc2=O)O[C@@H]1CO[Si](c1ccccc1)(c1ccccc1)C(C)(C)C. The van der Waals surface area contributed by atoms with Crippen LogP contribution in [0.3, 0.4) is 0 Å². The Morgan fingerprint density at radius 3 is 2.14 bits per heavy atom. The molecule has 2 amide bonds. The van der Waals surface area contributed by atoms with Gasteiger partial charge in [0.2, 0.25) is 0 Å². The molecule has 16 heteroatoms. The summed E-state index contributed by atoms with van der Waals surface area (Å²) in [6, 6.07) is 28.5. The van der Waals surface area contributed by atoms with Crippen molar-refractivity contribution in [2.75, 3.05) is 24.7 Å².